The average molecular weight is 452 g/mol. The SMILES string of the molecule is Cc1cc(CSc2ccccc2)cc2c1NC(c1ccc(Cl)cc1Cl)C1CC=CC21. The lowest BCUT2D eigenvalue weighted by atomic mass is 9.76. The van der Waals surface area contributed by atoms with E-state index in [0.717, 1.165) is 22.8 Å². The monoisotopic (exact) mass is 451 g/mol. The van der Waals surface area contributed by atoms with Crippen LogP contribution in [0.5, 0.6) is 0 Å². The van der Waals surface area contributed by atoms with Gasteiger partial charge in [-0.2, -0.15) is 0 Å². The van der Waals surface area contributed by atoms with Crippen LogP contribution >= 0.6 is 35.0 Å². The van der Waals surface area contributed by atoms with Crippen molar-refractivity contribution >= 4 is 40.7 Å². The molecule has 5 rings (SSSR count). The van der Waals surface area contributed by atoms with Gasteiger partial charge in [0.05, 0.1) is 6.04 Å². The zero-order valence-corrected chi connectivity index (χ0v) is 19.1. The minimum atomic E-state index is 0.186. The van der Waals surface area contributed by atoms with Gasteiger partial charge >= 0.3 is 0 Å². The van der Waals surface area contributed by atoms with Crippen LogP contribution in [0.3, 0.4) is 0 Å². The van der Waals surface area contributed by atoms with Crippen molar-refractivity contribution in [1.82, 2.24) is 0 Å². The minimum Gasteiger partial charge on any atom is -0.377 e. The second kappa shape index (κ2) is 8.34. The predicted molar refractivity (Wildman–Crippen MR) is 130 cm³/mol. The van der Waals surface area contributed by atoms with Gasteiger partial charge < -0.3 is 5.32 Å². The largest absolute Gasteiger partial charge is 0.377 e. The topological polar surface area (TPSA) is 12.0 Å². The molecule has 0 aromatic heterocycles. The molecule has 0 bridgehead atoms. The van der Waals surface area contributed by atoms with Crippen molar-refractivity contribution in [2.45, 2.75) is 36.0 Å². The van der Waals surface area contributed by atoms with Gasteiger partial charge in [0.2, 0.25) is 0 Å². The molecule has 1 nitrogen and oxygen atoms in total. The van der Waals surface area contributed by atoms with Crippen molar-refractivity contribution in [3.63, 3.8) is 0 Å². The fourth-order valence-electron chi connectivity index (χ4n) is 4.79. The second-order valence-corrected chi connectivity index (χ2v) is 10.0. The maximum atomic E-state index is 6.60. The van der Waals surface area contributed by atoms with Gasteiger partial charge in [-0.15, -0.1) is 11.8 Å². The lowest BCUT2D eigenvalue weighted by Gasteiger charge is -2.39. The number of nitrogens with one attached hydrogen (secondary N) is 1. The molecular formula is C26H23Cl2NS. The van der Waals surface area contributed by atoms with E-state index >= 15 is 0 Å². The first-order valence-electron chi connectivity index (χ1n) is 10.3. The van der Waals surface area contributed by atoms with E-state index in [4.69, 9.17) is 23.2 Å². The molecule has 0 saturated carbocycles. The lowest BCUT2D eigenvalue weighted by Crippen LogP contribution is -2.30. The molecule has 2 aliphatic rings. The second-order valence-electron chi connectivity index (χ2n) is 8.12. The Labute approximate surface area is 192 Å². The molecule has 3 unspecified atom stereocenters. The van der Waals surface area contributed by atoms with Crippen molar-refractivity contribution in [3.05, 3.63) is 105 Å². The third-order valence-corrected chi connectivity index (χ3v) is 7.82. The fourth-order valence-corrected chi connectivity index (χ4v) is 6.17. The Hall–Kier alpha value is -1.87. The number of rotatable bonds is 4. The number of benzene rings is 3. The molecule has 0 amide bonds. The third-order valence-electron chi connectivity index (χ3n) is 6.17. The Morgan fingerprint density at radius 3 is 2.63 bits per heavy atom. The summed E-state index contributed by atoms with van der Waals surface area (Å²) >= 11 is 14.6. The maximum absolute atomic E-state index is 6.60. The van der Waals surface area contributed by atoms with E-state index in [-0.39, 0.29) is 6.04 Å². The zero-order valence-electron chi connectivity index (χ0n) is 16.7. The van der Waals surface area contributed by atoms with Crippen molar-refractivity contribution in [1.29, 1.82) is 0 Å². The van der Waals surface area contributed by atoms with Crippen molar-refractivity contribution in [3.8, 4) is 0 Å². The Balaban J connectivity index is 1.48. The summed E-state index contributed by atoms with van der Waals surface area (Å²) in [5.74, 6) is 1.86. The molecule has 0 fully saturated rings. The number of anilines is 1. The van der Waals surface area contributed by atoms with Crippen LogP contribution in [-0.2, 0) is 5.75 Å². The standard InChI is InChI=1S/C26H23Cl2NS/c1-16-12-17(15-30-19-6-3-2-4-7-19)13-23-20-8-5-9-21(20)26(29-25(16)23)22-11-10-18(27)14-24(22)28/h2-8,10-14,20-21,26,29H,9,15H2,1H3. The van der Waals surface area contributed by atoms with E-state index in [1.165, 1.54) is 27.3 Å². The number of hydrogen-bond acceptors (Lipinski definition) is 2. The molecule has 1 aliphatic carbocycles. The van der Waals surface area contributed by atoms with Crippen molar-refractivity contribution in [2.75, 3.05) is 5.32 Å². The van der Waals surface area contributed by atoms with Crippen LogP contribution in [0.1, 0.15) is 40.6 Å². The van der Waals surface area contributed by atoms with Gasteiger partial charge in [0.15, 0.2) is 0 Å². The van der Waals surface area contributed by atoms with Gasteiger partial charge in [-0.25, -0.2) is 0 Å². The highest BCUT2D eigenvalue weighted by molar-refractivity contribution is 7.98. The van der Waals surface area contributed by atoms with Gasteiger partial charge in [0.1, 0.15) is 0 Å². The van der Waals surface area contributed by atoms with Crippen LogP contribution in [-0.4, -0.2) is 0 Å². The zero-order chi connectivity index (χ0) is 20.7. The highest BCUT2D eigenvalue weighted by atomic mass is 35.5. The number of allylic oxidation sites excluding steroid dienone is 2. The van der Waals surface area contributed by atoms with Gasteiger partial charge in [-0.05, 0) is 65.8 Å². The molecule has 30 heavy (non-hydrogen) atoms. The maximum Gasteiger partial charge on any atom is 0.0568 e. The van der Waals surface area contributed by atoms with Gasteiger partial charge in [0, 0.05) is 32.3 Å². The summed E-state index contributed by atoms with van der Waals surface area (Å²) in [4.78, 5) is 1.31. The predicted octanol–water partition coefficient (Wildman–Crippen LogP) is 8.42. The van der Waals surface area contributed by atoms with Crippen LogP contribution < -0.4 is 5.32 Å². The Kier molecular flexibility index (Phi) is 5.58. The molecule has 3 atom stereocenters. The first kappa shape index (κ1) is 20.1. The molecule has 1 heterocycles. The van der Waals surface area contributed by atoms with Crippen molar-refractivity contribution in [2.24, 2.45) is 5.92 Å². The van der Waals surface area contributed by atoms with Crippen LogP contribution in [0.2, 0.25) is 10.0 Å². The highest BCUT2D eigenvalue weighted by Crippen LogP contribution is 2.52. The Morgan fingerprint density at radius 1 is 1.00 bits per heavy atom. The molecule has 0 radical (unpaired) electrons. The molecule has 0 spiro atoms. The summed E-state index contributed by atoms with van der Waals surface area (Å²) in [5, 5.41) is 5.26. The van der Waals surface area contributed by atoms with Gasteiger partial charge in [-0.1, -0.05) is 71.8 Å². The third kappa shape index (κ3) is 3.77. The van der Waals surface area contributed by atoms with Crippen LogP contribution in [0, 0.1) is 12.8 Å². The minimum absolute atomic E-state index is 0.186. The van der Waals surface area contributed by atoms with Crippen LogP contribution in [0.4, 0.5) is 5.69 Å². The highest BCUT2D eigenvalue weighted by Gasteiger charge is 2.39. The fraction of sp³-hybridized carbons (Fsp3) is 0.231. The molecular weight excluding hydrogens is 429 g/mol. The number of aryl methyl sites for hydroxylation is 1. The summed E-state index contributed by atoms with van der Waals surface area (Å²) in [7, 11) is 0. The number of fused-ring (bicyclic) bond motifs is 3. The van der Waals surface area contributed by atoms with Crippen LogP contribution in [0.15, 0.2) is 77.7 Å². The number of halogens is 2. The van der Waals surface area contributed by atoms with E-state index in [2.05, 4.69) is 72.9 Å². The molecule has 3 aromatic rings. The van der Waals surface area contributed by atoms with Crippen molar-refractivity contribution < 1.29 is 0 Å². The van der Waals surface area contributed by atoms with E-state index < -0.39 is 0 Å². The van der Waals surface area contributed by atoms with E-state index in [1.807, 2.05) is 23.9 Å². The summed E-state index contributed by atoms with van der Waals surface area (Å²) < 4.78 is 0. The smallest absolute Gasteiger partial charge is 0.0568 e. The van der Waals surface area contributed by atoms with Gasteiger partial charge in [0.25, 0.3) is 0 Å². The average Bonchev–Trinajstić information content (AvgIpc) is 3.23. The number of hydrogen-bond donors (Lipinski definition) is 1. The van der Waals surface area contributed by atoms with E-state index in [0.29, 0.717) is 16.9 Å². The molecule has 3 aromatic carbocycles. The van der Waals surface area contributed by atoms with E-state index in [9.17, 15) is 0 Å². The first-order valence-corrected chi connectivity index (χ1v) is 12.0. The quantitative estimate of drug-likeness (QED) is 0.315. The molecule has 1 aliphatic heterocycles. The molecule has 1 N–H and O–H groups in total. The van der Waals surface area contributed by atoms with Gasteiger partial charge in [-0.3, -0.25) is 0 Å². The summed E-state index contributed by atoms with van der Waals surface area (Å²) in [5.41, 5.74) is 6.48. The summed E-state index contributed by atoms with van der Waals surface area (Å²) in [6.45, 7) is 2.21. The Bertz CT molecular complexity index is 1110. The normalized spacial score (nSPS) is 21.8. The number of thioether (sulfide) groups is 1. The summed E-state index contributed by atoms with van der Waals surface area (Å²) in [6, 6.07) is 21.4. The van der Waals surface area contributed by atoms with E-state index in [1.54, 1.807) is 0 Å². The summed E-state index contributed by atoms with van der Waals surface area (Å²) in [6.07, 6.45) is 5.77. The lowest BCUT2D eigenvalue weighted by molar-refractivity contribution is 0.425. The first-order chi connectivity index (χ1) is 14.6. The Morgan fingerprint density at radius 2 is 1.83 bits per heavy atom. The molecule has 152 valence electrons. The van der Waals surface area contributed by atoms with Crippen LogP contribution in [0.25, 0.3) is 0 Å². The molecule has 4 heteroatoms. The molecule has 0 saturated heterocycles.